The lowest BCUT2D eigenvalue weighted by Crippen LogP contribution is -2.32. The molecule has 1 amide bonds. The van der Waals surface area contributed by atoms with Gasteiger partial charge in [0.25, 0.3) is 5.91 Å². The molecular weight excluding hydrogens is 262 g/mol. The summed E-state index contributed by atoms with van der Waals surface area (Å²) >= 11 is 4.90. The second-order valence-corrected chi connectivity index (χ2v) is 5.88. The monoisotopic (exact) mass is 273 g/mol. The van der Waals surface area contributed by atoms with E-state index in [4.69, 9.17) is 0 Å². The largest absolute Gasteiger partial charge is 0.349 e. The standard InChI is InChI=1S/C10H12BrNOS/c11-9-5-7(6-14-9)10(13)12-8-3-1-2-4-8/h5-6,8H,1-4H2,(H,12,13). The van der Waals surface area contributed by atoms with Crippen molar-refractivity contribution in [2.24, 2.45) is 0 Å². The van der Waals surface area contributed by atoms with Crippen LogP contribution in [0.5, 0.6) is 0 Å². The molecule has 1 N–H and O–H groups in total. The van der Waals surface area contributed by atoms with Crippen LogP contribution in [0, 0.1) is 0 Å². The van der Waals surface area contributed by atoms with Crippen LogP contribution in [0.1, 0.15) is 36.0 Å². The second kappa shape index (κ2) is 4.45. The fourth-order valence-corrected chi connectivity index (χ4v) is 2.90. The van der Waals surface area contributed by atoms with Gasteiger partial charge in [-0.2, -0.15) is 0 Å². The molecule has 2 rings (SSSR count). The van der Waals surface area contributed by atoms with Crippen molar-refractivity contribution in [2.75, 3.05) is 0 Å². The lowest BCUT2D eigenvalue weighted by atomic mass is 10.2. The summed E-state index contributed by atoms with van der Waals surface area (Å²) in [7, 11) is 0. The summed E-state index contributed by atoms with van der Waals surface area (Å²) in [6.45, 7) is 0. The van der Waals surface area contributed by atoms with Gasteiger partial charge in [0.1, 0.15) is 0 Å². The number of amides is 1. The van der Waals surface area contributed by atoms with E-state index in [-0.39, 0.29) is 5.91 Å². The van der Waals surface area contributed by atoms with Gasteiger partial charge < -0.3 is 5.32 Å². The first kappa shape index (κ1) is 10.2. The SMILES string of the molecule is O=C(NC1CCCC1)c1csc(Br)c1. The van der Waals surface area contributed by atoms with Crippen LogP contribution in [0.15, 0.2) is 15.2 Å². The van der Waals surface area contributed by atoms with Crippen LogP contribution in [0.4, 0.5) is 0 Å². The van der Waals surface area contributed by atoms with E-state index in [1.807, 2.05) is 11.4 Å². The van der Waals surface area contributed by atoms with E-state index in [1.165, 1.54) is 12.8 Å². The molecule has 76 valence electrons. The maximum Gasteiger partial charge on any atom is 0.252 e. The van der Waals surface area contributed by atoms with Crippen LogP contribution in [0.2, 0.25) is 0 Å². The molecule has 0 radical (unpaired) electrons. The molecule has 1 heterocycles. The van der Waals surface area contributed by atoms with Crippen LogP contribution in [-0.2, 0) is 0 Å². The summed E-state index contributed by atoms with van der Waals surface area (Å²) in [6, 6.07) is 2.27. The Morgan fingerprint density at radius 3 is 2.79 bits per heavy atom. The first-order valence-electron chi connectivity index (χ1n) is 4.80. The van der Waals surface area contributed by atoms with Gasteiger partial charge in [0, 0.05) is 11.4 Å². The Morgan fingerprint density at radius 2 is 2.21 bits per heavy atom. The lowest BCUT2D eigenvalue weighted by Gasteiger charge is -2.10. The van der Waals surface area contributed by atoms with Crippen LogP contribution in [0.25, 0.3) is 0 Å². The lowest BCUT2D eigenvalue weighted by molar-refractivity contribution is 0.0938. The van der Waals surface area contributed by atoms with Crippen LogP contribution in [-0.4, -0.2) is 11.9 Å². The number of halogens is 1. The molecule has 1 aromatic rings. The van der Waals surface area contributed by atoms with E-state index >= 15 is 0 Å². The van der Waals surface area contributed by atoms with E-state index in [0.29, 0.717) is 6.04 Å². The number of hydrogen-bond donors (Lipinski definition) is 1. The molecular formula is C10H12BrNOS. The van der Waals surface area contributed by atoms with E-state index in [1.54, 1.807) is 11.3 Å². The molecule has 0 spiro atoms. The van der Waals surface area contributed by atoms with Gasteiger partial charge in [-0.25, -0.2) is 0 Å². The number of thiophene rings is 1. The molecule has 0 saturated heterocycles. The maximum atomic E-state index is 11.7. The number of rotatable bonds is 2. The molecule has 14 heavy (non-hydrogen) atoms. The Labute approximate surface area is 95.8 Å². The average molecular weight is 274 g/mol. The molecule has 0 aliphatic heterocycles. The van der Waals surface area contributed by atoms with Gasteiger partial charge in [-0.15, -0.1) is 11.3 Å². The number of carbonyl (C=O) groups excluding carboxylic acids is 1. The Bertz CT molecular complexity index is 331. The Kier molecular flexibility index (Phi) is 3.23. The molecule has 1 aliphatic carbocycles. The minimum absolute atomic E-state index is 0.0684. The fraction of sp³-hybridized carbons (Fsp3) is 0.500. The highest BCUT2D eigenvalue weighted by Crippen LogP contribution is 2.22. The smallest absolute Gasteiger partial charge is 0.252 e. The first-order valence-corrected chi connectivity index (χ1v) is 6.48. The van der Waals surface area contributed by atoms with Gasteiger partial charge in [-0.05, 0) is 34.8 Å². The molecule has 0 bridgehead atoms. The molecule has 0 aromatic carbocycles. The van der Waals surface area contributed by atoms with Crippen molar-refractivity contribution in [3.63, 3.8) is 0 Å². The molecule has 0 unspecified atom stereocenters. The molecule has 1 aliphatic rings. The minimum atomic E-state index is 0.0684. The van der Waals surface area contributed by atoms with Gasteiger partial charge in [0.2, 0.25) is 0 Å². The minimum Gasteiger partial charge on any atom is -0.349 e. The van der Waals surface area contributed by atoms with Crippen LogP contribution < -0.4 is 5.32 Å². The normalized spacial score (nSPS) is 17.2. The topological polar surface area (TPSA) is 29.1 Å². The van der Waals surface area contributed by atoms with E-state index < -0.39 is 0 Å². The summed E-state index contributed by atoms with van der Waals surface area (Å²) in [4.78, 5) is 11.7. The van der Waals surface area contributed by atoms with Crippen molar-refractivity contribution in [3.05, 3.63) is 20.8 Å². The van der Waals surface area contributed by atoms with E-state index in [9.17, 15) is 4.79 Å². The Hall–Kier alpha value is -0.350. The highest BCUT2D eigenvalue weighted by Gasteiger charge is 2.18. The van der Waals surface area contributed by atoms with Crippen molar-refractivity contribution < 1.29 is 4.79 Å². The summed E-state index contributed by atoms with van der Waals surface area (Å²) in [6.07, 6.45) is 4.77. The predicted octanol–water partition coefficient (Wildman–Crippen LogP) is 3.18. The maximum absolute atomic E-state index is 11.7. The third-order valence-electron chi connectivity index (χ3n) is 2.52. The predicted molar refractivity (Wildman–Crippen MR) is 61.7 cm³/mol. The van der Waals surface area contributed by atoms with Gasteiger partial charge in [0.15, 0.2) is 0 Å². The number of carbonyl (C=O) groups is 1. The zero-order chi connectivity index (χ0) is 9.97. The second-order valence-electron chi connectivity index (χ2n) is 3.59. The van der Waals surface area contributed by atoms with Crippen molar-refractivity contribution in [1.82, 2.24) is 5.32 Å². The zero-order valence-corrected chi connectivity index (χ0v) is 10.2. The average Bonchev–Trinajstić information content (AvgIpc) is 2.75. The van der Waals surface area contributed by atoms with E-state index in [2.05, 4.69) is 21.2 Å². The fourth-order valence-electron chi connectivity index (χ4n) is 1.77. The third-order valence-corrected chi connectivity index (χ3v) is 4.02. The zero-order valence-electron chi connectivity index (χ0n) is 7.75. The van der Waals surface area contributed by atoms with Crippen LogP contribution >= 0.6 is 27.3 Å². The third kappa shape index (κ3) is 2.36. The van der Waals surface area contributed by atoms with Gasteiger partial charge in [0.05, 0.1) is 9.35 Å². The molecule has 1 fully saturated rings. The first-order chi connectivity index (χ1) is 6.75. The highest BCUT2D eigenvalue weighted by molar-refractivity contribution is 9.11. The molecule has 1 saturated carbocycles. The summed E-state index contributed by atoms with van der Waals surface area (Å²) < 4.78 is 1.01. The molecule has 2 nitrogen and oxygen atoms in total. The number of hydrogen-bond acceptors (Lipinski definition) is 2. The van der Waals surface area contributed by atoms with Crippen molar-refractivity contribution in [3.8, 4) is 0 Å². The Balaban J connectivity index is 1.95. The summed E-state index contributed by atoms with van der Waals surface area (Å²) in [5, 5.41) is 4.94. The van der Waals surface area contributed by atoms with Crippen molar-refractivity contribution >= 4 is 33.2 Å². The summed E-state index contributed by atoms with van der Waals surface area (Å²) in [5.74, 6) is 0.0684. The van der Waals surface area contributed by atoms with Gasteiger partial charge in [-0.3, -0.25) is 4.79 Å². The number of nitrogens with one attached hydrogen (secondary N) is 1. The molecule has 0 atom stereocenters. The summed E-state index contributed by atoms with van der Waals surface area (Å²) in [5.41, 5.74) is 0.772. The molecule has 4 heteroatoms. The van der Waals surface area contributed by atoms with Crippen molar-refractivity contribution in [1.29, 1.82) is 0 Å². The quantitative estimate of drug-likeness (QED) is 0.881. The van der Waals surface area contributed by atoms with E-state index in [0.717, 1.165) is 22.2 Å². The van der Waals surface area contributed by atoms with Crippen molar-refractivity contribution in [2.45, 2.75) is 31.7 Å². The van der Waals surface area contributed by atoms with Gasteiger partial charge >= 0.3 is 0 Å². The van der Waals surface area contributed by atoms with Crippen LogP contribution in [0.3, 0.4) is 0 Å². The Morgan fingerprint density at radius 1 is 1.50 bits per heavy atom. The van der Waals surface area contributed by atoms with Gasteiger partial charge in [-0.1, -0.05) is 12.8 Å². The highest BCUT2D eigenvalue weighted by atomic mass is 79.9. The molecule has 1 aromatic heterocycles.